The van der Waals surface area contributed by atoms with Gasteiger partial charge >= 0.3 is 36.2 Å². The molecule has 0 saturated heterocycles. The van der Waals surface area contributed by atoms with E-state index in [0.717, 1.165) is 0 Å². The van der Waals surface area contributed by atoms with Gasteiger partial charge in [0.1, 0.15) is 51.8 Å². The Morgan fingerprint density at radius 1 is 0.500 bits per heavy atom. The van der Waals surface area contributed by atoms with Crippen molar-refractivity contribution in [2.75, 3.05) is 52.9 Å². The van der Waals surface area contributed by atoms with Gasteiger partial charge in [-0.3, -0.25) is 19.2 Å². The molecule has 0 aromatic rings. The minimum Gasteiger partial charge on any atom is -0.463 e. The van der Waals surface area contributed by atoms with Crippen molar-refractivity contribution >= 4 is 36.2 Å². The molecule has 0 rings (SSSR count). The van der Waals surface area contributed by atoms with Crippen LogP contribution in [-0.4, -0.2) is 111 Å². The summed E-state index contributed by atoms with van der Waals surface area (Å²) in [6.07, 6.45) is -4.85. The van der Waals surface area contributed by atoms with Gasteiger partial charge in [-0.25, -0.2) is 9.59 Å². The van der Waals surface area contributed by atoms with Gasteiger partial charge in [0.05, 0.1) is 38.9 Å². The molecular formula is C22H34O16. The van der Waals surface area contributed by atoms with Crippen LogP contribution in [0.2, 0.25) is 0 Å². The molecule has 16 heteroatoms. The molecular weight excluding hydrogens is 520 g/mol. The molecule has 0 aliphatic heterocycles. The van der Waals surface area contributed by atoms with E-state index < -0.39 is 48.4 Å². The van der Waals surface area contributed by atoms with Gasteiger partial charge in [-0.1, -0.05) is 0 Å². The standard InChI is InChI=1S/C22H34O16/c1-15(37-19(27)5-3-17(25)31-9-7-23)13-35-21(29)33-11-12-34-22(30)36-14-16(2)38-20(28)6-4-18(26)32-10-8-24/h15-16,23-24H,3-14H2,1-2H3. The Morgan fingerprint density at radius 2 is 0.842 bits per heavy atom. The zero-order valence-electron chi connectivity index (χ0n) is 21.2. The number of esters is 4. The van der Waals surface area contributed by atoms with Gasteiger partial charge in [0.15, 0.2) is 0 Å². The fourth-order valence-corrected chi connectivity index (χ4v) is 2.21. The van der Waals surface area contributed by atoms with Gasteiger partial charge in [-0.15, -0.1) is 0 Å². The second-order valence-corrected chi connectivity index (χ2v) is 7.31. The van der Waals surface area contributed by atoms with Crippen molar-refractivity contribution in [2.24, 2.45) is 0 Å². The summed E-state index contributed by atoms with van der Waals surface area (Å²) < 4.78 is 37.9. The van der Waals surface area contributed by atoms with Crippen LogP contribution in [-0.2, 0) is 57.1 Å². The van der Waals surface area contributed by atoms with E-state index >= 15 is 0 Å². The highest BCUT2D eigenvalue weighted by atomic mass is 16.8. The molecule has 0 amide bonds. The van der Waals surface area contributed by atoms with Gasteiger partial charge in [0.2, 0.25) is 0 Å². The van der Waals surface area contributed by atoms with E-state index in [1.165, 1.54) is 13.8 Å². The van der Waals surface area contributed by atoms with Crippen LogP contribution in [0.1, 0.15) is 39.5 Å². The molecule has 218 valence electrons. The SMILES string of the molecule is CC(COC(=O)OCCOC(=O)OCC(C)OC(=O)CCC(=O)OCCO)OC(=O)CCC(=O)OCCO. The van der Waals surface area contributed by atoms with Crippen molar-refractivity contribution in [3.8, 4) is 0 Å². The number of carbonyl (C=O) groups is 6. The fourth-order valence-electron chi connectivity index (χ4n) is 2.21. The number of hydrogen-bond donors (Lipinski definition) is 2. The van der Waals surface area contributed by atoms with Crippen molar-refractivity contribution in [3.63, 3.8) is 0 Å². The van der Waals surface area contributed by atoms with Crippen LogP contribution in [0.4, 0.5) is 9.59 Å². The zero-order chi connectivity index (χ0) is 28.8. The Labute approximate surface area is 218 Å². The lowest BCUT2D eigenvalue weighted by molar-refractivity contribution is -0.155. The van der Waals surface area contributed by atoms with E-state index in [0.29, 0.717) is 0 Å². The van der Waals surface area contributed by atoms with E-state index in [1.54, 1.807) is 0 Å². The summed E-state index contributed by atoms with van der Waals surface area (Å²) in [5.74, 6) is -2.77. The number of hydrogen-bond acceptors (Lipinski definition) is 16. The summed E-state index contributed by atoms with van der Waals surface area (Å²) >= 11 is 0. The Kier molecular flexibility index (Phi) is 19.4. The van der Waals surface area contributed by atoms with E-state index in [9.17, 15) is 28.8 Å². The van der Waals surface area contributed by atoms with Crippen molar-refractivity contribution in [1.29, 1.82) is 0 Å². The molecule has 0 radical (unpaired) electrons. The maximum Gasteiger partial charge on any atom is 0.508 e. The number of aliphatic hydroxyl groups excluding tert-OH is 2. The van der Waals surface area contributed by atoms with Gasteiger partial charge in [-0.05, 0) is 13.8 Å². The van der Waals surface area contributed by atoms with Gasteiger partial charge in [0.25, 0.3) is 0 Å². The van der Waals surface area contributed by atoms with Crippen LogP contribution in [0, 0.1) is 0 Å². The van der Waals surface area contributed by atoms with E-state index in [4.69, 9.17) is 29.2 Å². The maximum atomic E-state index is 11.6. The monoisotopic (exact) mass is 554 g/mol. The Bertz CT molecular complexity index is 690. The number of aliphatic hydroxyl groups is 2. The third kappa shape index (κ3) is 20.5. The second-order valence-electron chi connectivity index (χ2n) is 7.31. The third-order valence-electron chi connectivity index (χ3n) is 3.84. The molecule has 2 atom stereocenters. The highest BCUT2D eigenvalue weighted by Gasteiger charge is 2.17. The van der Waals surface area contributed by atoms with Crippen LogP contribution in [0.3, 0.4) is 0 Å². The van der Waals surface area contributed by atoms with Crippen LogP contribution < -0.4 is 0 Å². The largest absolute Gasteiger partial charge is 0.508 e. The average molecular weight is 554 g/mol. The first-order valence-electron chi connectivity index (χ1n) is 11.6. The van der Waals surface area contributed by atoms with Crippen LogP contribution in [0.25, 0.3) is 0 Å². The number of ether oxygens (including phenoxy) is 8. The highest BCUT2D eigenvalue weighted by Crippen LogP contribution is 2.03. The van der Waals surface area contributed by atoms with E-state index in [1.807, 2.05) is 0 Å². The summed E-state index contributed by atoms with van der Waals surface area (Å²) in [5, 5.41) is 17.1. The van der Waals surface area contributed by atoms with Crippen LogP contribution in [0.5, 0.6) is 0 Å². The molecule has 0 saturated carbocycles. The molecule has 38 heavy (non-hydrogen) atoms. The second kappa shape index (κ2) is 21.4. The number of rotatable bonds is 19. The first-order valence-corrected chi connectivity index (χ1v) is 11.6. The molecule has 16 nitrogen and oxygen atoms in total. The van der Waals surface area contributed by atoms with Crippen molar-refractivity contribution < 1.29 is 76.9 Å². The van der Waals surface area contributed by atoms with Gasteiger partial charge < -0.3 is 48.1 Å². The Hall–Kier alpha value is -3.66. The maximum absolute atomic E-state index is 11.6. The van der Waals surface area contributed by atoms with Crippen LogP contribution >= 0.6 is 0 Å². The van der Waals surface area contributed by atoms with Crippen molar-refractivity contribution in [2.45, 2.75) is 51.7 Å². The summed E-state index contributed by atoms with van der Waals surface area (Å²) in [5.41, 5.74) is 0. The molecule has 2 N–H and O–H groups in total. The fraction of sp³-hybridized carbons (Fsp3) is 0.727. The molecule has 2 unspecified atom stereocenters. The molecule has 0 aliphatic rings. The predicted octanol–water partition coefficient (Wildman–Crippen LogP) is -0.212. The average Bonchev–Trinajstić information content (AvgIpc) is 2.88. The summed E-state index contributed by atoms with van der Waals surface area (Å²) in [6, 6.07) is 0. The quantitative estimate of drug-likeness (QED) is 0.120. The van der Waals surface area contributed by atoms with Gasteiger partial charge in [-0.2, -0.15) is 0 Å². The lowest BCUT2D eigenvalue weighted by Crippen LogP contribution is -2.25. The molecule has 0 aromatic heterocycles. The van der Waals surface area contributed by atoms with E-state index in [2.05, 4.69) is 18.9 Å². The predicted molar refractivity (Wildman–Crippen MR) is 120 cm³/mol. The molecule has 0 aromatic carbocycles. The first-order chi connectivity index (χ1) is 18.1. The lowest BCUT2D eigenvalue weighted by Gasteiger charge is -2.14. The zero-order valence-corrected chi connectivity index (χ0v) is 21.2. The van der Waals surface area contributed by atoms with Gasteiger partial charge in [0, 0.05) is 0 Å². The molecule has 0 bridgehead atoms. The van der Waals surface area contributed by atoms with Crippen molar-refractivity contribution in [3.05, 3.63) is 0 Å². The minimum atomic E-state index is -1.11. The highest BCUT2D eigenvalue weighted by molar-refractivity contribution is 5.78. The van der Waals surface area contributed by atoms with Crippen LogP contribution in [0.15, 0.2) is 0 Å². The molecule has 0 aliphatic carbocycles. The molecule has 0 spiro atoms. The molecule has 0 heterocycles. The Balaban J connectivity index is 3.86. The lowest BCUT2D eigenvalue weighted by atomic mass is 10.3. The normalized spacial score (nSPS) is 11.8. The summed E-state index contributed by atoms with van der Waals surface area (Å²) in [7, 11) is 0. The van der Waals surface area contributed by atoms with E-state index in [-0.39, 0.29) is 78.5 Å². The minimum absolute atomic E-state index is 0.168. The smallest absolute Gasteiger partial charge is 0.463 e. The topological polar surface area (TPSA) is 217 Å². The van der Waals surface area contributed by atoms with Crippen molar-refractivity contribution in [1.82, 2.24) is 0 Å². The first kappa shape index (κ1) is 34.3. The number of carbonyl (C=O) groups excluding carboxylic acids is 6. The third-order valence-corrected chi connectivity index (χ3v) is 3.84. The summed E-state index contributed by atoms with van der Waals surface area (Å²) in [6.45, 7) is 0.504. The molecule has 0 fully saturated rings. The summed E-state index contributed by atoms with van der Waals surface area (Å²) in [4.78, 5) is 68.8. The Morgan fingerprint density at radius 3 is 1.18 bits per heavy atom.